The van der Waals surface area contributed by atoms with E-state index in [1.807, 2.05) is 54.4 Å². The number of aromatic nitrogens is 5. The summed E-state index contributed by atoms with van der Waals surface area (Å²) < 4.78 is 9.59. The Morgan fingerprint density at radius 1 is 1.07 bits per heavy atom. The highest BCUT2D eigenvalue weighted by Crippen LogP contribution is 2.34. The number of nitrogens with zero attached hydrogens (tertiary/aromatic N) is 7. The van der Waals surface area contributed by atoms with Gasteiger partial charge in [0, 0.05) is 49.4 Å². The van der Waals surface area contributed by atoms with Crippen molar-refractivity contribution >= 4 is 40.3 Å². The minimum absolute atomic E-state index is 0.292. The number of piperidine rings is 1. The van der Waals surface area contributed by atoms with Crippen molar-refractivity contribution in [2.75, 3.05) is 26.2 Å². The summed E-state index contributed by atoms with van der Waals surface area (Å²) in [5.41, 5.74) is 4.88. The average Bonchev–Trinajstić information content (AvgIpc) is 3.55. The van der Waals surface area contributed by atoms with Gasteiger partial charge in [0.2, 0.25) is 0 Å². The molecule has 43 heavy (non-hydrogen) atoms. The molecule has 4 heterocycles. The van der Waals surface area contributed by atoms with E-state index in [1.54, 1.807) is 17.0 Å². The van der Waals surface area contributed by atoms with Crippen LogP contribution in [-0.2, 0) is 24.2 Å². The number of para-hydroxylation sites is 1. The van der Waals surface area contributed by atoms with Gasteiger partial charge in [-0.05, 0) is 57.9 Å². The van der Waals surface area contributed by atoms with Crippen molar-refractivity contribution in [2.45, 2.75) is 70.9 Å². The number of amides is 1. The number of halogens is 2. The Balaban J connectivity index is 1.16. The van der Waals surface area contributed by atoms with E-state index in [9.17, 15) is 9.90 Å². The first-order valence-electron chi connectivity index (χ1n) is 14.8. The molecule has 0 spiro atoms. The molecule has 1 atom stereocenters. The molecule has 228 valence electrons. The molecule has 0 saturated carbocycles. The molecule has 0 bridgehead atoms. The third-order valence-electron chi connectivity index (χ3n) is 8.11. The molecule has 12 heteroatoms. The first kappa shape index (κ1) is 29.9. The van der Waals surface area contributed by atoms with Crippen molar-refractivity contribution in [3.63, 3.8) is 0 Å². The Bertz CT molecular complexity index is 1620. The van der Waals surface area contributed by atoms with Gasteiger partial charge in [-0.2, -0.15) is 5.10 Å². The lowest BCUT2D eigenvalue weighted by Crippen LogP contribution is -2.41. The topological polar surface area (TPSA) is 102 Å². The van der Waals surface area contributed by atoms with Crippen molar-refractivity contribution in [2.24, 2.45) is 0 Å². The number of benzene rings is 2. The summed E-state index contributed by atoms with van der Waals surface area (Å²) in [6.07, 6.45) is 1.53. The van der Waals surface area contributed by atoms with E-state index >= 15 is 0 Å². The lowest BCUT2D eigenvalue weighted by Gasteiger charge is -2.33. The zero-order valence-electron chi connectivity index (χ0n) is 24.7. The van der Waals surface area contributed by atoms with Crippen LogP contribution in [0.2, 0.25) is 10.0 Å². The van der Waals surface area contributed by atoms with Crippen LogP contribution >= 0.6 is 23.2 Å². The lowest BCUT2D eigenvalue weighted by atomic mass is 10.0. The fourth-order valence-electron chi connectivity index (χ4n) is 6.06. The minimum atomic E-state index is -0.613. The third kappa shape index (κ3) is 6.52. The van der Waals surface area contributed by atoms with Crippen LogP contribution in [0.1, 0.15) is 50.9 Å². The number of aliphatic hydroxyl groups is 1. The number of hydrogen-bond acceptors (Lipinski definition) is 7. The molecule has 2 aliphatic heterocycles. The van der Waals surface area contributed by atoms with Gasteiger partial charge >= 0.3 is 6.09 Å². The van der Waals surface area contributed by atoms with Crippen molar-refractivity contribution < 1.29 is 14.6 Å². The molecule has 1 N–H and O–H groups in total. The van der Waals surface area contributed by atoms with Gasteiger partial charge in [0.25, 0.3) is 0 Å². The normalized spacial score (nSPS) is 17.3. The number of likely N-dealkylation sites (tertiary alicyclic amines) is 1. The summed E-state index contributed by atoms with van der Waals surface area (Å²) in [7, 11) is 0. The summed E-state index contributed by atoms with van der Waals surface area (Å²) in [5, 5.41) is 25.8. The van der Waals surface area contributed by atoms with E-state index in [-0.39, 0.29) is 6.09 Å². The Morgan fingerprint density at radius 3 is 2.58 bits per heavy atom. The Kier molecular flexibility index (Phi) is 8.39. The highest BCUT2D eigenvalue weighted by Gasteiger charge is 2.32. The summed E-state index contributed by atoms with van der Waals surface area (Å²) >= 11 is 12.6. The number of carbonyl (C=O) groups excluding carboxylic acids is 1. The highest BCUT2D eigenvalue weighted by molar-refractivity contribution is 6.42. The summed E-state index contributed by atoms with van der Waals surface area (Å²) in [5.74, 6) is 0. The molecule has 1 unspecified atom stereocenters. The van der Waals surface area contributed by atoms with Gasteiger partial charge in [0.15, 0.2) is 0 Å². The van der Waals surface area contributed by atoms with Crippen molar-refractivity contribution in [1.29, 1.82) is 0 Å². The monoisotopic (exact) mass is 625 g/mol. The van der Waals surface area contributed by atoms with Crippen LogP contribution in [0.4, 0.5) is 4.79 Å². The van der Waals surface area contributed by atoms with Gasteiger partial charge < -0.3 is 19.6 Å². The number of β-amino-alcohol motifs (C(OH)–C–C–N with tert-alkyl or cyclic N) is 1. The summed E-state index contributed by atoms with van der Waals surface area (Å²) in [4.78, 5) is 16.9. The lowest BCUT2D eigenvalue weighted by molar-refractivity contribution is 0.0221. The molecular weight excluding hydrogens is 589 g/mol. The van der Waals surface area contributed by atoms with Gasteiger partial charge in [0.05, 0.1) is 46.5 Å². The van der Waals surface area contributed by atoms with Gasteiger partial charge in [0.1, 0.15) is 11.1 Å². The maximum Gasteiger partial charge on any atom is 0.410 e. The van der Waals surface area contributed by atoms with Gasteiger partial charge in [-0.3, -0.25) is 4.68 Å². The van der Waals surface area contributed by atoms with Crippen LogP contribution in [0.15, 0.2) is 42.5 Å². The largest absolute Gasteiger partial charge is 0.444 e. The predicted molar refractivity (Wildman–Crippen MR) is 166 cm³/mol. The molecule has 10 nitrogen and oxygen atoms in total. The number of hydrogen-bond donors (Lipinski definition) is 1. The van der Waals surface area contributed by atoms with Gasteiger partial charge in [-0.25, -0.2) is 9.48 Å². The second-order valence-corrected chi connectivity index (χ2v) is 13.3. The number of carbonyl (C=O) groups is 1. The van der Waals surface area contributed by atoms with Crippen LogP contribution in [0.25, 0.3) is 22.3 Å². The van der Waals surface area contributed by atoms with E-state index in [0.717, 1.165) is 59.5 Å². The first-order chi connectivity index (χ1) is 20.6. The number of ether oxygens (including phenoxy) is 1. The van der Waals surface area contributed by atoms with Crippen molar-refractivity contribution in [1.82, 2.24) is 34.6 Å². The quantitative estimate of drug-likeness (QED) is 0.298. The van der Waals surface area contributed by atoms with Crippen LogP contribution in [0.5, 0.6) is 0 Å². The second kappa shape index (κ2) is 12.1. The molecular formula is C31H37Cl2N7O3. The molecule has 2 aromatic carbocycles. The fourth-order valence-corrected chi connectivity index (χ4v) is 6.36. The molecule has 1 fully saturated rings. The standard InChI is InChI=1S/C31H37Cl2N7O3/c1-31(2,3)43-30(42)38-15-12-27-23(19-38)29(20-8-9-24(32)25(33)16-20)35-39(27)18-22(41)17-37-13-10-21(11-14-37)40-28-7-5-4-6-26(28)34-36-40/h4-9,16,21-22,41H,10-15,17-19H2,1-3H3. The molecule has 0 radical (unpaired) electrons. The molecule has 1 saturated heterocycles. The summed E-state index contributed by atoms with van der Waals surface area (Å²) in [6, 6.07) is 13.8. The van der Waals surface area contributed by atoms with Crippen molar-refractivity contribution in [3.8, 4) is 11.3 Å². The van der Waals surface area contributed by atoms with Crippen LogP contribution < -0.4 is 0 Å². The smallest absolute Gasteiger partial charge is 0.410 e. The Labute approximate surface area is 261 Å². The zero-order chi connectivity index (χ0) is 30.3. The number of aliphatic hydroxyl groups excluding tert-OH is 1. The molecule has 2 aromatic heterocycles. The van der Waals surface area contributed by atoms with Crippen LogP contribution in [0, 0.1) is 0 Å². The van der Waals surface area contributed by atoms with E-state index in [0.29, 0.717) is 48.7 Å². The second-order valence-electron chi connectivity index (χ2n) is 12.4. The van der Waals surface area contributed by atoms with Gasteiger partial charge in [-0.1, -0.05) is 46.6 Å². The maximum atomic E-state index is 12.9. The minimum Gasteiger partial charge on any atom is -0.444 e. The molecule has 6 rings (SSSR count). The van der Waals surface area contributed by atoms with Crippen LogP contribution in [0.3, 0.4) is 0 Å². The highest BCUT2D eigenvalue weighted by atomic mass is 35.5. The van der Waals surface area contributed by atoms with Gasteiger partial charge in [-0.15, -0.1) is 5.10 Å². The van der Waals surface area contributed by atoms with Crippen LogP contribution in [-0.4, -0.2) is 83.7 Å². The molecule has 0 aliphatic carbocycles. The fraction of sp³-hybridized carbons (Fsp3) is 0.484. The number of fused-ring (bicyclic) bond motifs is 2. The number of rotatable bonds is 6. The zero-order valence-corrected chi connectivity index (χ0v) is 26.2. The SMILES string of the molecule is CC(C)(C)OC(=O)N1CCc2c(c(-c3ccc(Cl)c(Cl)c3)nn2CC(O)CN2CCC(n3nnc4ccccc43)CC2)C1. The summed E-state index contributed by atoms with van der Waals surface area (Å²) in [6.45, 7) is 9.09. The first-order valence-corrected chi connectivity index (χ1v) is 15.5. The molecule has 4 aromatic rings. The predicted octanol–water partition coefficient (Wildman–Crippen LogP) is 5.59. The third-order valence-corrected chi connectivity index (χ3v) is 8.85. The molecule has 1 amide bonds. The van der Waals surface area contributed by atoms with E-state index in [1.165, 1.54) is 0 Å². The van der Waals surface area contributed by atoms with Crippen molar-refractivity contribution in [3.05, 3.63) is 63.8 Å². The Morgan fingerprint density at radius 2 is 1.84 bits per heavy atom. The van der Waals surface area contributed by atoms with E-state index in [4.69, 9.17) is 33.0 Å². The van der Waals surface area contributed by atoms with E-state index < -0.39 is 11.7 Å². The Hall–Kier alpha value is -3.18. The maximum absolute atomic E-state index is 12.9. The van der Waals surface area contributed by atoms with E-state index in [2.05, 4.69) is 21.3 Å². The molecule has 2 aliphatic rings. The average molecular weight is 627 g/mol.